The van der Waals surface area contributed by atoms with Gasteiger partial charge in [0.1, 0.15) is 10.1 Å². The van der Waals surface area contributed by atoms with Crippen molar-refractivity contribution in [3.8, 4) is 34.2 Å². The summed E-state index contributed by atoms with van der Waals surface area (Å²) in [6.07, 6.45) is 3.57. The number of aromatic nitrogens is 12. The number of nitrogens with zero attached hydrogens (tertiary/aromatic N) is 12. The third-order valence-electron chi connectivity index (χ3n) is 7.37. The molecule has 8 rings (SSSR count). The van der Waals surface area contributed by atoms with Crippen molar-refractivity contribution in [3.63, 3.8) is 0 Å². The van der Waals surface area contributed by atoms with E-state index in [1.165, 1.54) is 21.6 Å². The van der Waals surface area contributed by atoms with Gasteiger partial charge in [-0.05, 0) is 67.4 Å². The van der Waals surface area contributed by atoms with Crippen LogP contribution in [0.4, 0.5) is 0 Å². The van der Waals surface area contributed by atoms with Crippen LogP contribution in [0.1, 0.15) is 11.1 Å². The molecule has 234 valence electrons. The van der Waals surface area contributed by atoms with Gasteiger partial charge in [0, 0.05) is 0 Å². The molecular formula is C34H26N12S2. The molecule has 12 nitrogen and oxygen atoms in total. The Labute approximate surface area is 282 Å². The van der Waals surface area contributed by atoms with Crippen LogP contribution in [-0.2, 0) is 13.1 Å². The largest absolute Gasteiger partial charge is 0.226 e. The second kappa shape index (κ2) is 13.5. The van der Waals surface area contributed by atoms with Crippen LogP contribution in [0.2, 0.25) is 0 Å². The molecule has 0 saturated carbocycles. The van der Waals surface area contributed by atoms with Crippen molar-refractivity contribution in [2.75, 3.05) is 0 Å². The molecule has 0 aliphatic carbocycles. The zero-order valence-corrected chi connectivity index (χ0v) is 26.9. The van der Waals surface area contributed by atoms with Crippen LogP contribution in [0.25, 0.3) is 34.2 Å². The van der Waals surface area contributed by atoms with Crippen LogP contribution in [0.3, 0.4) is 0 Å². The maximum Gasteiger partial charge on any atom is 0.209 e. The van der Waals surface area contributed by atoms with E-state index in [-0.39, 0.29) is 0 Å². The molecular weight excluding hydrogens is 641 g/mol. The van der Waals surface area contributed by atoms with Gasteiger partial charge in [0.25, 0.3) is 0 Å². The minimum Gasteiger partial charge on any atom is -0.226 e. The summed E-state index contributed by atoms with van der Waals surface area (Å²) in [5.41, 5.74) is 5.51. The summed E-state index contributed by atoms with van der Waals surface area (Å²) in [5.74, 6) is 0.969. The molecule has 0 fully saturated rings. The summed E-state index contributed by atoms with van der Waals surface area (Å²) < 4.78 is 3.78. The normalized spacial score (nSPS) is 11.2. The number of benzene rings is 4. The van der Waals surface area contributed by atoms with Crippen LogP contribution in [0.5, 0.6) is 0 Å². The number of tetrazole rings is 2. The number of para-hydroxylation sites is 2. The molecule has 0 N–H and O–H groups in total. The van der Waals surface area contributed by atoms with Crippen molar-refractivity contribution in [2.24, 2.45) is 0 Å². The quantitative estimate of drug-likeness (QED) is 0.146. The first-order valence-corrected chi connectivity index (χ1v) is 17.2. The molecule has 0 bridgehead atoms. The first-order chi connectivity index (χ1) is 23.8. The van der Waals surface area contributed by atoms with Crippen LogP contribution < -0.4 is 0 Å². The Morgan fingerprint density at radius 3 is 1.23 bits per heavy atom. The Bertz CT molecular complexity index is 2080. The van der Waals surface area contributed by atoms with E-state index in [0.29, 0.717) is 24.7 Å². The highest BCUT2D eigenvalue weighted by atomic mass is 33.1. The van der Waals surface area contributed by atoms with E-state index in [2.05, 4.69) is 20.6 Å². The average molecular weight is 667 g/mol. The van der Waals surface area contributed by atoms with Gasteiger partial charge in [-0.1, -0.05) is 97.1 Å². The van der Waals surface area contributed by atoms with Gasteiger partial charge in [-0.2, -0.15) is 19.8 Å². The first kappa shape index (κ1) is 29.5. The third-order valence-corrected chi connectivity index (χ3v) is 9.75. The van der Waals surface area contributed by atoms with Crippen molar-refractivity contribution < 1.29 is 0 Å². The molecule has 4 aromatic carbocycles. The highest BCUT2D eigenvalue weighted by Crippen LogP contribution is 2.45. The van der Waals surface area contributed by atoms with E-state index in [9.17, 15) is 0 Å². The second-order valence-electron chi connectivity index (χ2n) is 10.6. The lowest BCUT2D eigenvalue weighted by atomic mass is 10.2. The van der Waals surface area contributed by atoms with Crippen molar-refractivity contribution in [1.82, 2.24) is 60.0 Å². The van der Waals surface area contributed by atoms with Crippen LogP contribution in [0.15, 0.2) is 144 Å². The monoisotopic (exact) mass is 666 g/mol. The molecule has 0 radical (unpaired) electrons. The molecule has 48 heavy (non-hydrogen) atoms. The minimum absolute atomic E-state index is 0.485. The van der Waals surface area contributed by atoms with E-state index < -0.39 is 0 Å². The van der Waals surface area contributed by atoms with Crippen LogP contribution >= 0.6 is 21.6 Å². The molecule has 0 saturated heterocycles. The zero-order chi connectivity index (χ0) is 32.1. The van der Waals surface area contributed by atoms with Gasteiger partial charge in [0.05, 0.1) is 48.0 Å². The molecule has 4 aromatic heterocycles. The lowest BCUT2D eigenvalue weighted by Gasteiger charge is -2.10. The molecule has 0 aliphatic rings. The summed E-state index contributed by atoms with van der Waals surface area (Å²) in [4.78, 5) is 3.19. The summed E-state index contributed by atoms with van der Waals surface area (Å²) >= 11 is 0. The van der Waals surface area contributed by atoms with E-state index in [1.807, 2.05) is 131 Å². The highest BCUT2D eigenvalue weighted by molar-refractivity contribution is 8.76. The fraction of sp³-hybridized carbons (Fsp3) is 0.0588. The smallest absolute Gasteiger partial charge is 0.209 e. The van der Waals surface area contributed by atoms with E-state index in [0.717, 1.165) is 43.7 Å². The topological polar surface area (TPSA) is 123 Å². The van der Waals surface area contributed by atoms with E-state index in [1.54, 1.807) is 22.0 Å². The molecule has 0 atom stereocenters. The van der Waals surface area contributed by atoms with E-state index >= 15 is 0 Å². The SMILES string of the molecule is c1ccc(Cn2nnc(-c3cnn(-c4ccccc4)c3SSc3c(-c4nnn(Cc5ccccc5)n4)cnn3-c3ccccc3)n2)cc1. The summed E-state index contributed by atoms with van der Waals surface area (Å²) in [6.45, 7) is 1.02. The van der Waals surface area contributed by atoms with Crippen molar-refractivity contribution >= 4 is 21.6 Å². The minimum atomic E-state index is 0.485. The van der Waals surface area contributed by atoms with Gasteiger partial charge < -0.3 is 0 Å². The van der Waals surface area contributed by atoms with Crippen LogP contribution in [0, 0.1) is 0 Å². The lowest BCUT2D eigenvalue weighted by Crippen LogP contribution is -2.03. The molecule has 14 heteroatoms. The highest BCUT2D eigenvalue weighted by Gasteiger charge is 2.24. The number of hydrogen-bond acceptors (Lipinski definition) is 10. The lowest BCUT2D eigenvalue weighted by molar-refractivity contribution is 0.573. The molecule has 4 heterocycles. The predicted octanol–water partition coefficient (Wildman–Crippen LogP) is 6.26. The third kappa shape index (κ3) is 6.26. The molecule has 0 spiro atoms. The Morgan fingerprint density at radius 2 is 0.833 bits per heavy atom. The van der Waals surface area contributed by atoms with Gasteiger partial charge in [-0.15, -0.1) is 20.4 Å². The Morgan fingerprint density at radius 1 is 0.458 bits per heavy atom. The van der Waals surface area contributed by atoms with E-state index in [4.69, 9.17) is 20.4 Å². The molecule has 0 unspecified atom stereocenters. The summed E-state index contributed by atoms with van der Waals surface area (Å²) in [7, 11) is 3.05. The first-order valence-electron chi connectivity index (χ1n) is 15.0. The average Bonchev–Trinajstić information content (AvgIpc) is 3.96. The van der Waals surface area contributed by atoms with Gasteiger partial charge in [0.15, 0.2) is 0 Å². The fourth-order valence-corrected chi connectivity index (χ4v) is 7.56. The maximum atomic E-state index is 4.77. The molecule has 0 aliphatic heterocycles. The van der Waals surface area contributed by atoms with Gasteiger partial charge in [0.2, 0.25) is 11.6 Å². The Balaban J connectivity index is 1.15. The van der Waals surface area contributed by atoms with Gasteiger partial charge in [-0.25, -0.2) is 9.36 Å². The van der Waals surface area contributed by atoms with Gasteiger partial charge in [-0.3, -0.25) is 0 Å². The van der Waals surface area contributed by atoms with Crippen molar-refractivity contribution in [2.45, 2.75) is 23.1 Å². The fourth-order valence-electron chi connectivity index (χ4n) is 5.06. The standard InChI is InChI=1S/C34H26N12S2/c1-5-13-25(14-6-1)23-43-39-31(37-41-43)29-21-35-45(27-17-9-3-10-18-27)33(29)47-48-34-30(22-36-46(34)28-19-11-4-12-20-28)32-38-42-44(40-32)24-26-15-7-2-8-16-26/h1-22H,23-24H2. The van der Waals surface area contributed by atoms with Crippen molar-refractivity contribution in [3.05, 3.63) is 145 Å². The predicted molar refractivity (Wildman–Crippen MR) is 184 cm³/mol. The number of hydrogen-bond donors (Lipinski definition) is 0. The zero-order valence-electron chi connectivity index (χ0n) is 25.3. The molecule has 8 aromatic rings. The summed E-state index contributed by atoms with van der Waals surface area (Å²) in [6, 6.07) is 40.1. The van der Waals surface area contributed by atoms with Gasteiger partial charge >= 0.3 is 0 Å². The van der Waals surface area contributed by atoms with Crippen LogP contribution in [-0.4, -0.2) is 60.0 Å². The second-order valence-corrected chi connectivity index (χ2v) is 12.8. The Kier molecular flexibility index (Phi) is 8.29. The maximum absolute atomic E-state index is 4.77. The van der Waals surface area contributed by atoms with Crippen molar-refractivity contribution in [1.29, 1.82) is 0 Å². The summed E-state index contributed by atoms with van der Waals surface area (Å²) in [5, 5.41) is 38.2. The number of rotatable bonds is 11. The Hall–Kier alpha value is -5.86. The molecule has 0 amide bonds.